The van der Waals surface area contributed by atoms with Gasteiger partial charge in [0.05, 0.1) is 11.7 Å². The molecule has 0 aliphatic carbocycles. The van der Waals surface area contributed by atoms with Crippen molar-refractivity contribution < 1.29 is 4.79 Å². The number of aromatic nitrogens is 3. The van der Waals surface area contributed by atoms with E-state index in [0.717, 1.165) is 37.2 Å². The Balaban J connectivity index is 0.00000225. The fraction of sp³-hybridized carbons (Fsp3) is 0.471. The van der Waals surface area contributed by atoms with Gasteiger partial charge in [-0.1, -0.05) is 17.3 Å². The highest BCUT2D eigenvalue weighted by molar-refractivity contribution is 7.98. The van der Waals surface area contributed by atoms with E-state index in [2.05, 4.69) is 33.1 Å². The summed E-state index contributed by atoms with van der Waals surface area (Å²) < 4.78 is 1.91. The van der Waals surface area contributed by atoms with Crippen molar-refractivity contribution in [3.8, 4) is 0 Å². The minimum atomic E-state index is -0.165. The minimum absolute atomic E-state index is 0. The Hall–Kier alpha value is -1.57. The number of benzene rings is 1. The molecule has 0 bridgehead atoms. The molecule has 8 heteroatoms. The van der Waals surface area contributed by atoms with Crippen LogP contribution in [-0.2, 0) is 6.54 Å². The van der Waals surface area contributed by atoms with Crippen LogP contribution in [0.3, 0.4) is 0 Å². The highest BCUT2D eigenvalue weighted by Crippen LogP contribution is 2.20. The standard InChI is InChI=1S/C17H23N5OS.ClH/c1-12-16(20-21-22(12)14-7-9-18-10-8-14)17(23)19-11-13-3-5-15(24-2)6-4-13;/h3-6,14,18H,7-11H2,1-2H3,(H,19,23);1H. The number of thioether (sulfide) groups is 1. The Morgan fingerprint density at radius 3 is 2.64 bits per heavy atom. The van der Waals surface area contributed by atoms with Gasteiger partial charge in [-0.05, 0) is 56.8 Å². The maximum absolute atomic E-state index is 12.4. The number of carbonyl (C=O) groups excluding carboxylic acids is 1. The maximum atomic E-state index is 12.4. The van der Waals surface area contributed by atoms with Crippen LogP contribution in [0.25, 0.3) is 0 Å². The zero-order valence-electron chi connectivity index (χ0n) is 14.5. The van der Waals surface area contributed by atoms with Crippen molar-refractivity contribution >= 4 is 30.1 Å². The molecule has 1 saturated heterocycles. The third-order valence-electron chi connectivity index (χ3n) is 4.41. The summed E-state index contributed by atoms with van der Waals surface area (Å²) in [5.74, 6) is -0.165. The van der Waals surface area contributed by atoms with Gasteiger partial charge >= 0.3 is 0 Å². The van der Waals surface area contributed by atoms with Gasteiger partial charge in [-0.15, -0.1) is 29.3 Å². The van der Waals surface area contributed by atoms with Crippen LogP contribution in [0.5, 0.6) is 0 Å². The summed E-state index contributed by atoms with van der Waals surface area (Å²) in [6.45, 7) is 4.38. The Kier molecular flexibility index (Phi) is 7.28. The van der Waals surface area contributed by atoms with E-state index < -0.39 is 0 Å². The summed E-state index contributed by atoms with van der Waals surface area (Å²) in [6, 6.07) is 8.52. The molecule has 0 spiro atoms. The van der Waals surface area contributed by atoms with Crippen LogP contribution >= 0.6 is 24.2 Å². The molecule has 2 heterocycles. The second-order valence-corrected chi connectivity index (χ2v) is 6.86. The molecule has 0 saturated carbocycles. The molecular formula is C17H24ClN5OS. The van der Waals surface area contributed by atoms with Crippen LogP contribution in [0.2, 0.25) is 0 Å². The van der Waals surface area contributed by atoms with Gasteiger partial charge in [0.15, 0.2) is 5.69 Å². The van der Waals surface area contributed by atoms with Gasteiger partial charge in [0.1, 0.15) is 0 Å². The summed E-state index contributed by atoms with van der Waals surface area (Å²) in [6.07, 6.45) is 4.09. The smallest absolute Gasteiger partial charge is 0.274 e. The van der Waals surface area contributed by atoms with E-state index >= 15 is 0 Å². The Labute approximate surface area is 158 Å². The topological polar surface area (TPSA) is 71.8 Å². The van der Waals surface area contributed by atoms with E-state index in [1.807, 2.05) is 30.0 Å². The van der Waals surface area contributed by atoms with Gasteiger partial charge < -0.3 is 10.6 Å². The van der Waals surface area contributed by atoms with Crippen molar-refractivity contribution in [3.63, 3.8) is 0 Å². The predicted molar refractivity (Wildman–Crippen MR) is 103 cm³/mol. The average Bonchev–Trinajstić information content (AvgIpc) is 3.02. The molecule has 1 aliphatic rings. The fourth-order valence-electron chi connectivity index (χ4n) is 2.96. The molecule has 0 radical (unpaired) electrons. The molecule has 1 aliphatic heterocycles. The lowest BCUT2D eigenvalue weighted by Gasteiger charge is -2.23. The van der Waals surface area contributed by atoms with Gasteiger partial charge in [-0.3, -0.25) is 4.79 Å². The van der Waals surface area contributed by atoms with Gasteiger partial charge in [0.25, 0.3) is 5.91 Å². The normalized spacial score (nSPS) is 14.8. The molecule has 3 rings (SSSR count). The monoisotopic (exact) mass is 381 g/mol. The molecule has 1 amide bonds. The molecule has 2 aromatic rings. The molecule has 1 fully saturated rings. The SMILES string of the molecule is CSc1ccc(CNC(=O)c2nnn(C3CCNCC3)c2C)cc1.Cl. The van der Waals surface area contributed by atoms with Crippen molar-refractivity contribution in [2.45, 2.75) is 37.2 Å². The lowest BCUT2D eigenvalue weighted by molar-refractivity contribution is 0.0945. The second kappa shape index (κ2) is 9.22. The molecular weight excluding hydrogens is 358 g/mol. The number of nitrogens with one attached hydrogen (secondary N) is 2. The zero-order valence-corrected chi connectivity index (χ0v) is 16.1. The van der Waals surface area contributed by atoms with Crippen molar-refractivity contribution in [1.82, 2.24) is 25.6 Å². The number of nitrogens with zero attached hydrogens (tertiary/aromatic N) is 3. The van der Waals surface area contributed by atoms with E-state index in [1.54, 1.807) is 11.8 Å². The van der Waals surface area contributed by atoms with E-state index in [1.165, 1.54) is 4.90 Å². The summed E-state index contributed by atoms with van der Waals surface area (Å²) in [5.41, 5.74) is 2.34. The molecule has 6 nitrogen and oxygen atoms in total. The average molecular weight is 382 g/mol. The molecule has 0 unspecified atom stereocenters. The van der Waals surface area contributed by atoms with Crippen LogP contribution in [-0.4, -0.2) is 40.2 Å². The highest BCUT2D eigenvalue weighted by Gasteiger charge is 2.22. The zero-order chi connectivity index (χ0) is 16.9. The fourth-order valence-corrected chi connectivity index (χ4v) is 3.37. The first-order valence-corrected chi connectivity index (χ1v) is 9.45. The number of hydrogen-bond donors (Lipinski definition) is 2. The number of piperidine rings is 1. The first-order valence-electron chi connectivity index (χ1n) is 8.22. The molecule has 1 aromatic carbocycles. The van der Waals surface area contributed by atoms with Crippen LogP contribution in [0.1, 0.15) is 40.6 Å². The lowest BCUT2D eigenvalue weighted by Crippen LogP contribution is -2.30. The summed E-state index contributed by atoms with van der Waals surface area (Å²) in [5, 5.41) is 14.6. The number of amides is 1. The summed E-state index contributed by atoms with van der Waals surface area (Å²) in [7, 11) is 0. The Bertz CT molecular complexity index is 698. The summed E-state index contributed by atoms with van der Waals surface area (Å²) in [4.78, 5) is 13.6. The van der Waals surface area contributed by atoms with E-state index in [4.69, 9.17) is 0 Å². The minimum Gasteiger partial charge on any atom is -0.347 e. The van der Waals surface area contributed by atoms with Crippen molar-refractivity contribution in [1.29, 1.82) is 0 Å². The van der Waals surface area contributed by atoms with E-state index in [-0.39, 0.29) is 18.3 Å². The second-order valence-electron chi connectivity index (χ2n) is 5.98. The van der Waals surface area contributed by atoms with Crippen LogP contribution < -0.4 is 10.6 Å². The maximum Gasteiger partial charge on any atom is 0.274 e. The van der Waals surface area contributed by atoms with Gasteiger partial charge in [-0.25, -0.2) is 4.68 Å². The van der Waals surface area contributed by atoms with Crippen molar-refractivity contribution in [2.24, 2.45) is 0 Å². The number of hydrogen-bond acceptors (Lipinski definition) is 5. The van der Waals surface area contributed by atoms with Gasteiger partial charge in [-0.2, -0.15) is 0 Å². The molecule has 2 N–H and O–H groups in total. The molecule has 25 heavy (non-hydrogen) atoms. The summed E-state index contributed by atoms with van der Waals surface area (Å²) >= 11 is 1.70. The third kappa shape index (κ3) is 4.74. The molecule has 136 valence electrons. The van der Waals surface area contributed by atoms with Crippen LogP contribution in [0.4, 0.5) is 0 Å². The van der Waals surface area contributed by atoms with E-state index in [0.29, 0.717) is 18.3 Å². The molecule has 1 aromatic heterocycles. The first-order chi connectivity index (χ1) is 11.7. The number of halogens is 1. The highest BCUT2D eigenvalue weighted by atomic mass is 35.5. The van der Waals surface area contributed by atoms with Crippen LogP contribution in [0.15, 0.2) is 29.2 Å². The quantitative estimate of drug-likeness (QED) is 0.779. The third-order valence-corrected chi connectivity index (χ3v) is 5.15. The predicted octanol–water partition coefficient (Wildman–Crippen LogP) is 2.58. The Morgan fingerprint density at radius 1 is 1.32 bits per heavy atom. The van der Waals surface area contributed by atoms with Crippen molar-refractivity contribution in [2.75, 3.05) is 19.3 Å². The Morgan fingerprint density at radius 2 is 2.00 bits per heavy atom. The van der Waals surface area contributed by atoms with Gasteiger partial charge in [0.2, 0.25) is 0 Å². The first kappa shape index (κ1) is 19.8. The van der Waals surface area contributed by atoms with E-state index in [9.17, 15) is 4.79 Å². The van der Waals surface area contributed by atoms with Crippen molar-refractivity contribution in [3.05, 3.63) is 41.2 Å². The number of rotatable bonds is 5. The van der Waals surface area contributed by atoms with Gasteiger partial charge in [0, 0.05) is 11.4 Å². The van der Waals surface area contributed by atoms with Crippen LogP contribution in [0, 0.1) is 6.92 Å². The lowest BCUT2D eigenvalue weighted by atomic mass is 10.1. The molecule has 0 atom stereocenters. The number of carbonyl (C=O) groups is 1. The largest absolute Gasteiger partial charge is 0.347 e.